The van der Waals surface area contributed by atoms with Gasteiger partial charge in [0, 0.05) is 31.0 Å². The number of anilines is 1. The van der Waals surface area contributed by atoms with Gasteiger partial charge in [0.25, 0.3) is 5.56 Å². The maximum absolute atomic E-state index is 12.0. The van der Waals surface area contributed by atoms with Crippen molar-refractivity contribution in [3.8, 4) is 0 Å². The van der Waals surface area contributed by atoms with E-state index in [0.717, 1.165) is 4.57 Å². The van der Waals surface area contributed by atoms with Crippen LogP contribution in [0, 0.1) is 0 Å². The Labute approximate surface area is 143 Å². The van der Waals surface area contributed by atoms with Crippen molar-refractivity contribution in [2.24, 2.45) is 5.73 Å². The van der Waals surface area contributed by atoms with Crippen molar-refractivity contribution in [1.82, 2.24) is 9.55 Å². The molecule has 0 saturated heterocycles. The number of aromatic nitrogens is 2. The van der Waals surface area contributed by atoms with E-state index in [2.05, 4.69) is 4.98 Å². The van der Waals surface area contributed by atoms with Crippen molar-refractivity contribution in [2.45, 2.75) is 19.5 Å². The normalized spacial score (nSPS) is 12.0. The van der Waals surface area contributed by atoms with Crippen LogP contribution in [0.2, 0.25) is 0 Å². The summed E-state index contributed by atoms with van der Waals surface area (Å²) < 4.78 is 5.96. The molecule has 0 bridgehead atoms. The number of alkyl halides is 2. The van der Waals surface area contributed by atoms with Gasteiger partial charge in [0.1, 0.15) is 11.7 Å². The van der Waals surface area contributed by atoms with Crippen molar-refractivity contribution in [1.29, 1.82) is 0 Å². The van der Waals surface area contributed by atoms with Crippen LogP contribution < -0.4 is 21.9 Å². The highest BCUT2D eigenvalue weighted by atomic mass is 35.5. The second kappa shape index (κ2) is 9.59. The van der Waals surface area contributed by atoms with E-state index in [-0.39, 0.29) is 30.6 Å². The van der Waals surface area contributed by atoms with Crippen molar-refractivity contribution >= 4 is 34.9 Å². The monoisotopic (exact) mass is 366 g/mol. The third-order valence-corrected chi connectivity index (χ3v) is 3.36. The number of ether oxygens (including phenoxy) is 1. The first-order chi connectivity index (χ1) is 10.9. The van der Waals surface area contributed by atoms with E-state index in [4.69, 9.17) is 33.7 Å². The predicted octanol–water partition coefficient (Wildman–Crippen LogP) is -0.289. The zero-order chi connectivity index (χ0) is 17.4. The smallest absolute Gasteiger partial charge is 0.328 e. The fourth-order valence-electron chi connectivity index (χ4n) is 1.95. The van der Waals surface area contributed by atoms with E-state index in [0.29, 0.717) is 13.1 Å². The van der Waals surface area contributed by atoms with Crippen LogP contribution in [0.4, 0.5) is 5.69 Å². The predicted molar refractivity (Wildman–Crippen MR) is 89.6 cm³/mol. The Hall–Kier alpha value is -1.51. The first kappa shape index (κ1) is 19.5. The minimum Gasteiger partial charge on any atom is -0.465 e. The number of hydrogen-bond acceptors (Lipinski definition) is 6. The Morgan fingerprint density at radius 1 is 1.39 bits per heavy atom. The number of H-pyrrole nitrogens is 1. The zero-order valence-corrected chi connectivity index (χ0v) is 14.3. The van der Waals surface area contributed by atoms with Gasteiger partial charge >= 0.3 is 11.7 Å². The fourth-order valence-corrected chi connectivity index (χ4v) is 2.36. The van der Waals surface area contributed by atoms with Gasteiger partial charge in [-0.1, -0.05) is 0 Å². The van der Waals surface area contributed by atoms with Gasteiger partial charge in [0.2, 0.25) is 0 Å². The van der Waals surface area contributed by atoms with Crippen molar-refractivity contribution in [3.63, 3.8) is 0 Å². The Balaban J connectivity index is 3.10. The quantitative estimate of drug-likeness (QED) is 0.459. The number of nitrogens with zero attached hydrogens (tertiary/aromatic N) is 2. The first-order valence-corrected chi connectivity index (χ1v) is 8.14. The second-order valence-corrected chi connectivity index (χ2v) is 5.41. The van der Waals surface area contributed by atoms with E-state index in [9.17, 15) is 14.4 Å². The molecule has 1 atom stereocenters. The van der Waals surface area contributed by atoms with E-state index >= 15 is 0 Å². The molecule has 130 valence electrons. The fraction of sp³-hybridized carbons (Fsp3) is 0.615. The maximum Gasteiger partial charge on any atom is 0.328 e. The summed E-state index contributed by atoms with van der Waals surface area (Å²) in [6, 6.07) is -1.01. The average molecular weight is 367 g/mol. The summed E-state index contributed by atoms with van der Waals surface area (Å²) in [4.78, 5) is 39.3. The Morgan fingerprint density at radius 3 is 2.52 bits per heavy atom. The molecule has 0 aromatic carbocycles. The van der Waals surface area contributed by atoms with Crippen LogP contribution in [0.1, 0.15) is 6.92 Å². The van der Waals surface area contributed by atoms with Crippen LogP contribution in [0.3, 0.4) is 0 Å². The van der Waals surface area contributed by atoms with Gasteiger partial charge in [-0.3, -0.25) is 19.1 Å². The van der Waals surface area contributed by atoms with E-state index in [1.807, 2.05) is 0 Å². The van der Waals surface area contributed by atoms with E-state index < -0.39 is 23.3 Å². The van der Waals surface area contributed by atoms with Gasteiger partial charge < -0.3 is 15.4 Å². The minimum atomic E-state index is -1.01. The lowest BCUT2D eigenvalue weighted by Crippen LogP contribution is -2.43. The number of esters is 1. The SMILES string of the molecule is CCOC(=O)[C@H](N)Cn1cc(N(CCCl)CCCl)c(=O)[nH]c1=O. The van der Waals surface area contributed by atoms with E-state index in [1.165, 1.54) is 6.20 Å². The standard InChI is InChI=1S/C13H20Cl2N4O4/c1-2-23-12(21)9(16)7-19-8-10(11(20)17-13(19)22)18(5-3-14)6-4-15/h8-9H,2-7,16H2,1H3,(H,17,20,22)/t9-/m1/s1. The molecule has 8 nitrogen and oxygen atoms in total. The molecule has 0 fully saturated rings. The number of hydrogen-bond donors (Lipinski definition) is 2. The highest BCUT2D eigenvalue weighted by Crippen LogP contribution is 2.07. The molecule has 23 heavy (non-hydrogen) atoms. The molecule has 0 saturated carbocycles. The van der Waals surface area contributed by atoms with Crippen molar-refractivity contribution in [2.75, 3.05) is 36.4 Å². The molecule has 0 unspecified atom stereocenters. The molecular weight excluding hydrogens is 347 g/mol. The third kappa shape index (κ3) is 5.56. The highest BCUT2D eigenvalue weighted by molar-refractivity contribution is 6.18. The Kier molecular flexibility index (Phi) is 8.15. The van der Waals surface area contributed by atoms with Gasteiger partial charge in [-0.15, -0.1) is 23.2 Å². The lowest BCUT2D eigenvalue weighted by atomic mass is 10.3. The van der Waals surface area contributed by atoms with E-state index in [1.54, 1.807) is 11.8 Å². The molecule has 0 spiro atoms. The summed E-state index contributed by atoms with van der Waals surface area (Å²) in [5, 5.41) is 0. The lowest BCUT2D eigenvalue weighted by molar-refractivity contribution is -0.145. The van der Waals surface area contributed by atoms with Crippen LogP contribution in [0.15, 0.2) is 15.8 Å². The summed E-state index contributed by atoms with van der Waals surface area (Å²) >= 11 is 11.4. The zero-order valence-electron chi connectivity index (χ0n) is 12.8. The minimum absolute atomic E-state index is 0.114. The van der Waals surface area contributed by atoms with Gasteiger partial charge in [-0.2, -0.15) is 0 Å². The molecular formula is C13H20Cl2N4O4. The number of nitrogens with two attached hydrogens (primary N) is 1. The van der Waals surface area contributed by atoms with Crippen molar-refractivity contribution in [3.05, 3.63) is 27.0 Å². The molecule has 0 radical (unpaired) electrons. The summed E-state index contributed by atoms with van der Waals surface area (Å²) in [5.74, 6) is -0.0409. The lowest BCUT2D eigenvalue weighted by Gasteiger charge is -2.22. The van der Waals surface area contributed by atoms with Gasteiger partial charge in [-0.05, 0) is 6.92 Å². The molecule has 10 heteroatoms. The molecule has 0 aliphatic carbocycles. The van der Waals surface area contributed by atoms with Crippen molar-refractivity contribution < 1.29 is 9.53 Å². The number of carbonyl (C=O) groups excluding carboxylic acids is 1. The van der Waals surface area contributed by atoms with Gasteiger partial charge in [-0.25, -0.2) is 4.79 Å². The molecule has 1 heterocycles. The molecule has 1 aromatic heterocycles. The molecule has 0 aliphatic heterocycles. The van der Waals surface area contributed by atoms with Crippen LogP contribution in [0.25, 0.3) is 0 Å². The summed E-state index contributed by atoms with van der Waals surface area (Å²) in [7, 11) is 0. The van der Waals surface area contributed by atoms with Crippen LogP contribution >= 0.6 is 23.2 Å². The molecule has 0 amide bonds. The topological polar surface area (TPSA) is 110 Å². The number of rotatable bonds is 9. The number of nitrogens with one attached hydrogen (secondary N) is 1. The highest BCUT2D eigenvalue weighted by Gasteiger charge is 2.18. The molecule has 1 rings (SSSR count). The first-order valence-electron chi connectivity index (χ1n) is 7.07. The summed E-state index contributed by atoms with van der Waals surface area (Å²) in [6.07, 6.45) is 1.35. The number of carbonyl (C=O) groups is 1. The van der Waals surface area contributed by atoms with Gasteiger partial charge in [0.15, 0.2) is 0 Å². The molecule has 0 aliphatic rings. The van der Waals surface area contributed by atoms with Crippen LogP contribution in [-0.2, 0) is 16.1 Å². The molecule has 1 aromatic rings. The van der Waals surface area contributed by atoms with Gasteiger partial charge in [0.05, 0.1) is 13.2 Å². The average Bonchev–Trinajstić information content (AvgIpc) is 2.50. The number of aromatic amines is 1. The second-order valence-electron chi connectivity index (χ2n) is 4.65. The maximum atomic E-state index is 12.0. The van der Waals surface area contributed by atoms with Crippen LogP contribution in [0.5, 0.6) is 0 Å². The largest absolute Gasteiger partial charge is 0.465 e. The number of halogens is 2. The summed E-state index contributed by atoms with van der Waals surface area (Å²) in [6.45, 7) is 2.51. The Bertz CT molecular complexity index is 625. The molecule has 3 N–H and O–H groups in total. The third-order valence-electron chi connectivity index (χ3n) is 3.02. The Morgan fingerprint density at radius 2 is 2.00 bits per heavy atom. The summed E-state index contributed by atoms with van der Waals surface area (Å²) in [5.41, 5.74) is 4.73. The van der Waals surface area contributed by atoms with Crippen LogP contribution in [-0.4, -0.2) is 53.0 Å².